The third kappa shape index (κ3) is 5.90. The number of hydrogen-bond donors (Lipinski definition) is 1. The minimum atomic E-state index is -3.16. The van der Waals surface area contributed by atoms with Crippen LogP contribution in [0.5, 0.6) is 0 Å². The van der Waals surface area contributed by atoms with Gasteiger partial charge < -0.3 is 4.74 Å². The van der Waals surface area contributed by atoms with Gasteiger partial charge in [-0.25, -0.2) is 13.1 Å². The van der Waals surface area contributed by atoms with Crippen LogP contribution in [0.3, 0.4) is 0 Å². The Morgan fingerprint density at radius 1 is 1.64 bits per heavy atom. The fraction of sp³-hybridized carbons (Fsp3) is 0.556. The molecule has 1 unspecified atom stereocenters. The third-order valence-corrected chi connectivity index (χ3v) is 2.41. The molecule has 0 amide bonds. The van der Waals surface area contributed by atoms with Gasteiger partial charge in [0.2, 0.25) is 10.0 Å². The highest BCUT2D eigenvalue weighted by Gasteiger charge is 2.09. The summed E-state index contributed by atoms with van der Waals surface area (Å²) >= 11 is 0. The van der Waals surface area contributed by atoms with E-state index in [2.05, 4.69) is 11.3 Å². The Kier molecular flexibility index (Phi) is 5.68. The van der Waals surface area contributed by atoms with E-state index < -0.39 is 10.0 Å². The van der Waals surface area contributed by atoms with Gasteiger partial charge in [-0.3, -0.25) is 0 Å². The zero-order valence-corrected chi connectivity index (χ0v) is 9.60. The summed E-state index contributed by atoms with van der Waals surface area (Å²) in [6.07, 6.45) is 4.35. The lowest BCUT2D eigenvalue weighted by Gasteiger charge is -2.14. The minimum Gasteiger partial charge on any atom is -0.377 e. The molecule has 4 nitrogen and oxygen atoms in total. The van der Waals surface area contributed by atoms with Gasteiger partial charge in [-0.1, -0.05) is 18.7 Å². The van der Waals surface area contributed by atoms with Crippen molar-refractivity contribution in [2.75, 3.05) is 19.9 Å². The number of methoxy groups -OCH3 is 1. The molecule has 0 saturated carbocycles. The Morgan fingerprint density at radius 3 is 2.57 bits per heavy atom. The maximum atomic E-state index is 10.8. The van der Waals surface area contributed by atoms with Crippen LogP contribution >= 0.6 is 0 Å². The molecule has 0 saturated heterocycles. The van der Waals surface area contributed by atoms with Crippen molar-refractivity contribution >= 4 is 10.0 Å². The first kappa shape index (κ1) is 13.4. The molecule has 0 aliphatic carbocycles. The lowest BCUT2D eigenvalue weighted by molar-refractivity contribution is 0.145. The molecular weight excluding hydrogens is 202 g/mol. The highest BCUT2D eigenvalue weighted by molar-refractivity contribution is 7.88. The first-order valence-corrected chi connectivity index (χ1v) is 6.08. The first-order valence-electron chi connectivity index (χ1n) is 4.19. The van der Waals surface area contributed by atoms with E-state index in [0.29, 0.717) is 0 Å². The second kappa shape index (κ2) is 5.95. The van der Waals surface area contributed by atoms with Crippen LogP contribution in [-0.4, -0.2) is 34.4 Å². The first-order chi connectivity index (χ1) is 6.40. The van der Waals surface area contributed by atoms with Crippen LogP contribution in [0.15, 0.2) is 24.3 Å². The van der Waals surface area contributed by atoms with E-state index in [9.17, 15) is 8.42 Å². The Labute approximate surface area is 85.7 Å². The summed E-state index contributed by atoms with van der Waals surface area (Å²) in [5.41, 5.74) is 0.841. The largest absolute Gasteiger partial charge is 0.377 e. The molecule has 0 aliphatic rings. The van der Waals surface area contributed by atoms with Gasteiger partial charge in [0, 0.05) is 13.7 Å². The van der Waals surface area contributed by atoms with Gasteiger partial charge in [-0.05, 0) is 12.5 Å². The van der Waals surface area contributed by atoms with Crippen molar-refractivity contribution in [1.29, 1.82) is 0 Å². The summed E-state index contributed by atoms with van der Waals surface area (Å²) < 4.78 is 29.2. The Morgan fingerprint density at radius 2 is 2.21 bits per heavy atom. The van der Waals surface area contributed by atoms with Crippen molar-refractivity contribution in [1.82, 2.24) is 4.72 Å². The van der Waals surface area contributed by atoms with Crippen LogP contribution in [0, 0.1) is 0 Å². The molecule has 0 bridgehead atoms. The maximum Gasteiger partial charge on any atom is 0.208 e. The number of nitrogens with one attached hydrogen (secondary N) is 1. The molecule has 0 radical (unpaired) electrons. The molecule has 82 valence electrons. The Balaban J connectivity index is 4.40. The van der Waals surface area contributed by atoms with E-state index in [4.69, 9.17) is 4.74 Å². The van der Waals surface area contributed by atoms with Gasteiger partial charge in [-0.2, -0.15) is 0 Å². The number of sulfonamides is 1. The van der Waals surface area contributed by atoms with E-state index in [1.54, 1.807) is 19.3 Å². The van der Waals surface area contributed by atoms with E-state index in [0.717, 1.165) is 11.8 Å². The predicted molar refractivity (Wildman–Crippen MR) is 57.6 cm³/mol. The number of hydrogen-bond acceptors (Lipinski definition) is 3. The second-order valence-corrected chi connectivity index (χ2v) is 4.78. The normalized spacial score (nSPS) is 15.2. The van der Waals surface area contributed by atoms with E-state index in [1.165, 1.54) is 0 Å². The minimum absolute atomic E-state index is 0.123. The van der Waals surface area contributed by atoms with Gasteiger partial charge in [-0.15, -0.1) is 0 Å². The summed E-state index contributed by atoms with van der Waals surface area (Å²) in [7, 11) is -1.59. The number of allylic oxidation sites excluding steroid dienone is 2. The average molecular weight is 219 g/mol. The quantitative estimate of drug-likeness (QED) is 0.668. The SMILES string of the molecule is C=C/C=C(/CNS(C)(=O)=O)C(C)OC. The summed E-state index contributed by atoms with van der Waals surface area (Å²) in [6, 6.07) is 0. The van der Waals surface area contributed by atoms with Crippen molar-refractivity contribution in [3.8, 4) is 0 Å². The lowest BCUT2D eigenvalue weighted by Crippen LogP contribution is -2.28. The van der Waals surface area contributed by atoms with E-state index in [-0.39, 0.29) is 12.6 Å². The van der Waals surface area contributed by atoms with Crippen molar-refractivity contribution in [3.63, 3.8) is 0 Å². The zero-order chi connectivity index (χ0) is 11.2. The number of rotatable bonds is 6. The topological polar surface area (TPSA) is 55.4 Å². The molecule has 0 fully saturated rings. The van der Waals surface area contributed by atoms with Crippen LogP contribution in [0.1, 0.15) is 6.92 Å². The molecule has 5 heteroatoms. The summed E-state index contributed by atoms with van der Waals surface area (Å²) in [6.45, 7) is 5.65. The van der Waals surface area contributed by atoms with Gasteiger partial charge in [0.05, 0.1) is 12.4 Å². The monoisotopic (exact) mass is 219 g/mol. The van der Waals surface area contributed by atoms with Crippen LogP contribution < -0.4 is 4.72 Å². The molecule has 0 aromatic carbocycles. The molecule has 0 aliphatic heterocycles. The summed E-state index contributed by atoms with van der Waals surface area (Å²) in [4.78, 5) is 0. The van der Waals surface area contributed by atoms with Crippen molar-refractivity contribution < 1.29 is 13.2 Å². The smallest absolute Gasteiger partial charge is 0.208 e. The fourth-order valence-electron chi connectivity index (χ4n) is 0.855. The molecule has 14 heavy (non-hydrogen) atoms. The summed E-state index contributed by atoms with van der Waals surface area (Å²) in [5.74, 6) is 0. The Hall–Kier alpha value is -0.650. The molecule has 1 N–H and O–H groups in total. The van der Waals surface area contributed by atoms with Gasteiger partial charge >= 0.3 is 0 Å². The van der Waals surface area contributed by atoms with Crippen LogP contribution in [0.2, 0.25) is 0 Å². The summed E-state index contributed by atoms with van der Waals surface area (Å²) in [5, 5.41) is 0. The highest BCUT2D eigenvalue weighted by atomic mass is 32.2. The standard InChI is InChI=1S/C9H17NO3S/c1-5-6-9(8(2)13-3)7-10-14(4,11)12/h5-6,8,10H,1,7H2,2-4H3/b9-6-. The molecule has 1 atom stereocenters. The Bertz CT molecular complexity index is 306. The van der Waals surface area contributed by atoms with Crippen LogP contribution in [0.25, 0.3) is 0 Å². The lowest BCUT2D eigenvalue weighted by atomic mass is 10.1. The van der Waals surface area contributed by atoms with Crippen molar-refractivity contribution in [2.24, 2.45) is 0 Å². The molecule has 0 rings (SSSR count). The highest BCUT2D eigenvalue weighted by Crippen LogP contribution is 2.04. The maximum absolute atomic E-state index is 10.8. The second-order valence-electron chi connectivity index (χ2n) is 2.95. The molecule has 0 spiro atoms. The van der Waals surface area contributed by atoms with Crippen LogP contribution in [-0.2, 0) is 14.8 Å². The van der Waals surface area contributed by atoms with E-state index in [1.807, 2.05) is 6.92 Å². The van der Waals surface area contributed by atoms with Crippen LogP contribution in [0.4, 0.5) is 0 Å². The van der Waals surface area contributed by atoms with Gasteiger partial charge in [0.25, 0.3) is 0 Å². The predicted octanol–water partition coefficient (Wildman–Crippen LogP) is 0.683. The van der Waals surface area contributed by atoms with Crippen molar-refractivity contribution in [3.05, 3.63) is 24.3 Å². The molecular formula is C9H17NO3S. The third-order valence-electron chi connectivity index (χ3n) is 1.75. The van der Waals surface area contributed by atoms with Crippen molar-refractivity contribution in [2.45, 2.75) is 13.0 Å². The molecule has 0 aromatic heterocycles. The molecule has 0 heterocycles. The van der Waals surface area contributed by atoms with Gasteiger partial charge in [0.1, 0.15) is 0 Å². The molecule has 0 aromatic rings. The van der Waals surface area contributed by atoms with Gasteiger partial charge in [0.15, 0.2) is 0 Å². The average Bonchev–Trinajstić information content (AvgIpc) is 2.09. The zero-order valence-electron chi connectivity index (χ0n) is 8.78. The number of ether oxygens (including phenoxy) is 1. The fourth-order valence-corrected chi connectivity index (χ4v) is 1.28. The van der Waals surface area contributed by atoms with E-state index >= 15 is 0 Å².